The van der Waals surface area contributed by atoms with E-state index in [1.807, 2.05) is 42.5 Å². The second-order valence-electron chi connectivity index (χ2n) is 7.51. The molecule has 0 saturated carbocycles. The molecule has 4 rings (SSSR count). The molecule has 0 spiro atoms. The molecule has 2 aromatic carbocycles. The minimum Gasteiger partial charge on any atom is -0.334 e. The van der Waals surface area contributed by atoms with Gasteiger partial charge >= 0.3 is 6.03 Å². The first kappa shape index (κ1) is 20.8. The smallest absolute Gasteiger partial charge is 0.321 e. The number of rotatable bonds is 5. The summed E-state index contributed by atoms with van der Waals surface area (Å²) in [6, 6.07) is 13.7. The van der Waals surface area contributed by atoms with Crippen LogP contribution in [0.5, 0.6) is 0 Å². The molecule has 158 valence electrons. The van der Waals surface area contributed by atoms with Crippen molar-refractivity contribution in [1.82, 2.24) is 14.6 Å². The van der Waals surface area contributed by atoms with E-state index in [-0.39, 0.29) is 6.03 Å². The van der Waals surface area contributed by atoms with E-state index in [1.54, 1.807) is 13.8 Å². The highest BCUT2D eigenvalue weighted by atomic mass is 32.2. The van der Waals surface area contributed by atoms with Gasteiger partial charge in [-0.2, -0.15) is 4.31 Å². The molecule has 0 aliphatic carbocycles. The third-order valence-corrected chi connectivity index (χ3v) is 8.41. The van der Waals surface area contributed by atoms with Crippen molar-refractivity contribution in [2.75, 3.05) is 11.9 Å². The lowest BCUT2D eigenvalue weighted by Crippen LogP contribution is -2.39. The van der Waals surface area contributed by atoms with Crippen molar-refractivity contribution in [3.05, 3.63) is 58.6 Å². The first-order valence-corrected chi connectivity index (χ1v) is 12.2. The number of benzene rings is 2. The Labute approximate surface area is 180 Å². The summed E-state index contributed by atoms with van der Waals surface area (Å²) in [5, 5.41) is 7.93. The average molecular weight is 445 g/mol. The Kier molecular flexibility index (Phi) is 5.77. The number of hydrogen-bond acceptors (Lipinski definition) is 5. The van der Waals surface area contributed by atoms with E-state index in [1.165, 1.54) is 15.6 Å². The number of amides is 2. The maximum Gasteiger partial charge on any atom is 0.321 e. The van der Waals surface area contributed by atoms with Gasteiger partial charge in [-0.3, -0.25) is 5.32 Å². The van der Waals surface area contributed by atoms with Crippen LogP contribution in [-0.2, 0) is 29.5 Å². The topological polar surface area (TPSA) is 91.4 Å². The lowest BCUT2D eigenvalue weighted by Gasteiger charge is -2.26. The first-order chi connectivity index (χ1) is 14.3. The molecule has 0 atom stereocenters. The number of nitrogens with zero attached hydrogens (tertiary/aromatic N) is 2. The predicted octanol–water partition coefficient (Wildman–Crippen LogP) is 3.71. The molecular weight excluding hydrogens is 420 g/mol. The van der Waals surface area contributed by atoms with E-state index in [9.17, 15) is 13.2 Å². The van der Waals surface area contributed by atoms with Crippen LogP contribution in [-0.4, -0.2) is 35.5 Å². The fraction of sp³-hybridized carbons (Fsp3) is 0.333. The van der Waals surface area contributed by atoms with Crippen LogP contribution in [0.25, 0.3) is 10.8 Å². The molecule has 9 heteroatoms. The zero-order valence-electron chi connectivity index (χ0n) is 16.9. The molecule has 30 heavy (non-hydrogen) atoms. The lowest BCUT2D eigenvalue weighted by atomic mass is 10.0. The van der Waals surface area contributed by atoms with Gasteiger partial charge in [0.05, 0.1) is 10.9 Å². The molecule has 2 amide bonds. The molecule has 7 nitrogen and oxygen atoms in total. The maximum absolute atomic E-state index is 12.4. The summed E-state index contributed by atoms with van der Waals surface area (Å²) in [7, 11) is -3.30. The van der Waals surface area contributed by atoms with Gasteiger partial charge in [0.25, 0.3) is 0 Å². The molecule has 1 aliphatic rings. The van der Waals surface area contributed by atoms with Crippen molar-refractivity contribution in [3.63, 3.8) is 0 Å². The Bertz CT molecular complexity index is 1180. The molecule has 0 saturated heterocycles. The number of carbonyl (C=O) groups is 1. The summed E-state index contributed by atoms with van der Waals surface area (Å²) in [6.07, 6.45) is 0.553. The first-order valence-electron chi connectivity index (χ1n) is 9.83. The van der Waals surface area contributed by atoms with E-state index in [2.05, 4.69) is 15.6 Å². The second kappa shape index (κ2) is 8.33. The van der Waals surface area contributed by atoms with Crippen LogP contribution in [0.4, 0.5) is 9.93 Å². The van der Waals surface area contributed by atoms with Gasteiger partial charge in [0.15, 0.2) is 5.13 Å². The summed E-state index contributed by atoms with van der Waals surface area (Å²) in [5.41, 5.74) is 1.90. The Morgan fingerprint density at radius 3 is 2.77 bits per heavy atom. The fourth-order valence-electron chi connectivity index (χ4n) is 3.50. The number of carbonyl (C=O) groups excluding carboxylic acids is 1. The van der Waals surface area contributed by atoms with Gasteiger partial charge in [0.1, 0.15) is 0 Å². The molecule has 2 heterocycles. The SMILES string of the molecule is CC(C)S(=O)(=O)N1CCc2nc(NC(=O)NCc3cccc4ccccc34)sc2C1. The number of anilines is 1. The van der Waals surface area contributed by atoms with Crippen molar-refractivity contribution in [1.29, 1.82) is 0 Å². The van der Waals surface area contributed by atoms with Gasteiger partial charge in [0, 0.05) is 30.9 Å². The van der Waals surface area contributed by atoms with Crippen molar-refractivity contribution >= 4 is 43.3 Å². The van der Waals surface area contributed by atoms with E-state index < -0.39 is 15.3 Å². The fourth-order valence-corrected chi connectivity index (χ4v) is 5.86. The lowest BCUT2D eigenvalue weighted by molar-refractivity contribution is 0.252. The summed E-state index contributed by atoms with van der Waals surface area (Å²) in [4.78, 5) is 17.8. The number of fused-ring (bicyclic) bond motifs is 2. The number of nitrogens with one attached hydrogen (secondary N) is 2. The summed E-state index contributed by atoms with van der Waals surface area (Å²) >= 11 is 1.33. The molecule has 0 radical (unpaired) electrons. The number of hydrogen-bond donors (Lipinski definition) is 2. The molecule has 3 aromatic rings. The van der Waals surface area contributed by atoms with Crippen LogP contribution in [0.3, 0.4) is 0 Å². The summed E-state index contributed by atoms with van der Waals surface area (Å²) < 4.78 is 26.3. The molecule has 0 bridgehead atoms. The van der Waals surface area contributed by atoms with Gasteiger partial charge in [-0.15, -0.1) is 0 Å². The zero-order chi connectivity index (χ0) is 21.3. The van der Waals surface area contributed by atoms with E-state index in [0.717, 1.165) is 26.9 Å². The van der Waals surface area contributed by atoms with Crippen molar-refractivity contribution in [2.45, 2.75) is 38.6 Å². The van der Waals surface area contributed by atoms with Gasteiger partial charge in [-0.1, -0.05) is 53.8 Å². The van der Waals surface area contributed by atoms with Crippen LogP contribution in [0.15, 0.2) is 42.5 Å². The van der Waals surface area contributed by atoms with Crippen LogP contribution in [0, 0.1) is 0 Å². The average Bonchev–Trinajstić information content (AvgIpc) is 3.13. The number of sulfonamides is 1. The molecule has 2 N–H and O–H groups in total. The Morgan fingerprint density at radius 1 is 1.20 bits per heavy atom. The van der Waals surface area contributed by atoms with Crippen molar-refractivity contribution in [2.24, 2.45) is 0 Å². The number of urea groups is 1. The van der Waals surface area contributed by atoms with Crippen molar-refractivity contribution < 1.29 is 13.2 Å². The summed E-state index contributed by atoms with van der Waals surface area (Å²) in [5.74, 6) is 0. The highest BCUT2D eigenvalue weighted by molar-refractivity contribution is 7.89. The Morgan fingerprint density at radius 2 is 1.97 bits per heavy atom. The van der Waals surface area contributed by atoms with Gasteiger partial charge in [0.2, 0.25) is 10.0 Å². The second-order valence-corrected chi connectivity index (χ2v) is 11.1. The Balaban J connectivity index is 1.40. The summed E-state index contributed by atoms with van der Waals surface area (Å²) in [6.45, 7) is 4.51. The minimum atomic E-state index is -3.30. The van der Waals surface area contributed by atoms with E-state index in [4.69, 9.17) is 0 Å². The monoisotopic (exact) mass is 444 g/mol. The maximum atomic E-state index is 12.4. The Hall–Kier alpha value is -2.49. The highest BCUT2D eigenvalue weighted by Crippen LogP contribution is 2.30. The van der Waals surface area contributed by atoms with Gasteiger partial charge in [-0.05, 0) is 30.2 Å². The largest absolute Gasteiger partial charge is 0.334 e. The van der Waals surface area contributed by atoms with Crippen molar-refractivity contribution in [3.8, 4) is 0 Å². The third-order valence-electron chi connectivity index (χ3n) is 5.19. The predicted molar refractivity (Wildman–Crippen MR) is 120 cm³/mol. The molecule has 0 unspecified atom stereocenters. The van der Waals surface area contributed by atoms with Crippen LogP contribution < -0.4 is 10.6 Å². The van der Waals surface area contributed by atoms with Crippen LogP contribution in [0.2, 0.25) is 0 Å². The van der Waals surface area contributed by atoms with Gasteiger partial charge in [-0.25, -0.2) is 18.2 Å². The quantitative estimate of drug-likeness (QED) is 0.628. The molecule has 1 aromatic heterocycles. The zero-order valence-corrected chi connectivity index (χ0v) is 18.5. The number of aromatic nitrogens is 1. The van der Waals surface area contributed by atoms with Gasteiger partial charge < -0.3 is 5.32 Å². The van der Waals surface area contributed by atoms with Crippen LogP contribution >= 0.6 is 11.3 Å². The van der Waals surface area contributed by atoms with Crippen LogP contribution in [0.1, 0.15) is 30.0 Å². The van der Waals surface area contributed by atoms with E-state index >= 15 is 0 Å². The normalized spacial score (nSPS) is 14.6. The molecular formula is C21H24N4O3S2. The standard InChI is InChI=1S/C21H24N4O3S2/c1-14(2)30(27,28)25-11-10-18-19(13-25)29-21(23-18)24-20(26)22-12-16-8-5-7-15-6-3-4-9-17(15)16/h3-9,14H,10-13H2,1-2H3,(H2,22,23,24,26). The van der Waals surface area contributed by atoms with E-state index in [0.29, 0.717) is 31.2 Å². The highest BCUT2D eigenvalue weighted by Gasteiger charge is 2.31. The molecule has 0 fully saturated rings. The molecule has 1 aliphatic heterocycles. The number of thiazole rings is 1. The minimum absolute atomic E-state index is 0.312. The third kappa shape index (κ3) is 4.19.